The molecule has 1 fully saturated rings. The lowest BCUT2D eigenvalue weighted by molar-refractivity contribution is 0.0712. The smallest absolute Gasteiger partial charge is 0.254 e. The highest BCUT2D eigenvalue weighted by Gasteiger charge is 2.60. The molecule has 39 heavy (non-hydrogen) atoms. The van der Waals surface area contributed by atoms with E-state index in [2.05, 4.69) is 6.07 Å². The normalized spacial score (nSPS) is 21.0. The van der Waals surface area contributed by atoms with Crippen LogP contribution >= 0.6 is 23.2 Å². The molecular formula is C30H27Cl2F2N3O2. The van der Waals surface area contributed by atoms with Gasteiger partial charge in [-0.3, -0.25) is 9.59 Å². The van der Waals surface area contributed by atoms with Crippen molar-refractivity contribution in [1.82, 2.24) is 4.90 Å². The van der Waals surface area contributed by atoms with E-state index in [1.54, 1.807) is 0 Å². The standard InChI is InChI=1S/C30H27Cl2F2N3O2/c1-29(2,3)14-19-15-37(28(39)18-9-7-17(8-10-18)27(36)38)26(21-5-4-6-23(32)25(21)34)30(19,16-35)22-12-11-20(31)13-24(22)33/h4-13,19,26H,14-15H2,1-3H3,(H2,36,38)/t19-,26-,30-/m1/s1. The van der Waals surface area contributed by atoms with Gasteiger partial charge in [0.2, 0.25) is 5.91 Å². The molecule has 1 aliphatic heterocycles. The highest BCUT2D eigenvalue weighted by molar-refractivity contribution is 6.31. The van der Waals surface area contributed by atoms with Gasteiger partial charge in [-0.1, -0.05) is 62.2 Å². The molecule has 0 radical (unpaired) electrons. The van der Waals surface area contributed by atoms with Gasteiger partial charge in [-0.2, -0.15) is 5.26 Å². The molecular weight excluding hydrogens is 543 g/mol. The van der Waals surface area contributed by atoms with E-state index < -0.39 is 40.8 Å². The van der Waals surface area contributed by atoms with Crippen molar-refractivity contribution in [3.63, 3.8) is 0 Å². The van der Waals surface area contributed by atoms with Crippen LogP contribution in [-0.4, -0.2) is 23.3 Å². The Morgan fingerprint density at radius 2 is 1.72 bits per heavy atom. The van der Waals surface area contributed by atoms with Crippen LogP contribution in [0.3, 0.4) is 0 Å². The molecule has 0 saturated carbocycles. The third-order valence-corrected chi connectivity index (χ3v) is 7.70. The Bertz CT molecular complexity index is 1480. The van der Waals surface area contributed by atoms with Crippen LogP contribution in [0.25, 0.3) is 0 Å². The highest BCUT2D eigenvalue weighted by Crippen LogP contribution is 2.56. The first-order valence-electron chi connectivity index (χ1n) is 12.3. The first-order valence-corrected chi connectivity index (χ1v) is 13.1. The summed E-state index contributed by atoms with van der Waals surface area (Å²) in [5, 5.41) is 10.9. The van der Waals surface area contributed by atoms with E-state index in [0.717, 1.165) is 6.07 Å². The van der Waals surface area contributed by atoms with Crippen LogP contribution in [0.4, 0.5) is 8.78 Å². The Labute approximate surface area is 236 Å². The predicted molar refractivity (Wildman–Crippen MR) is 146 cm³/mol. The lowest BCUT2D eigenvalue weighted by atomic mass is 9.63. The number of hydrogen-bond donors (Lipinski definition) is 1. The van der Waals surface area contributed by atoms with E-state index in [4.69, 9.17) is 28.9 Å². The van der Waals surface area contributed by atoms with Crippen molar-refractivity contribution in [3.8, 4) is 6.07 Å². The molecule has 9 heteroatoms. The molecule has 0 aromatic heterocycles. The summed E-state index contributed by atoms with van der Waals surface area (Å²) in [6.45, 7) is 5.99. The second-order valence-corrected chi connectivity index (χ2v) is 11.9. The molecule has 0 aliphatic carbocycles. The first kappa shape index (κ1) is 28.5. The molecule has 4 rings (SSSR count). The number of likely N-dealkylation sites (tertiary alicyclic amines) is 1. The molecule has 2 amide bonds. The number of carbonyl (C=O) groups excluding carboxylic acids is 2. The van der Waals surface area contributed by atoms with Crippen LogP contribution < -0.4 is 5.73 Å². The maximum atomic E-state index is 15.7. The average molecular weight is 570 g/mol. The number of primary amides is 1. The van der Waals surface area contributed by atoms with E-state index >= 15 is 8.78 Å². The van der Waals surface area contributed by atoms with Crippen LogP contribution in [-0.2, 0) is 5.41 Å². The summed E-state index contributed by atoms with van der Waals surface area (Å²) in [4.78, 5) is 27.0. The quantitative estimate of drug-likeness (QED) is 0.356. The number of benzene rings is 3. The van der Waals surface area contributed by atoms with Gasteiger partial charge >= 0.3 is 0 Å². The van der Waals surface area contributed by atoms with Gasteiger partial charge in [0.05, 0.1) is 17.1 Å². The maximum Gasteiger partial charge on any atom is 0.254 e. The summed E-state index contributed by atoms with van der Waals surface area (Å²) < 4.78 is 31.4. The minimum absolute atomic E-state index is 0.00286. The van der Waals surface area contributed by atoms with Crippen LogP contribution in [0.2, 0.25) is 10.0 Å². The van der Waals surface area contributed by atoms with E-state index in [-0.39, 0.29) is 44.3 Å². The van der Waals surface area contributed by atoms with Crippen molar-refractivity contribution in [1.29, 1.82) is 5.26 Å². The highest BCUT2D eigenvalue weighted by atomic mass is 35.5. The Morgan fingerprint density at radius 1 is 1.08 bits per heavy atom. The number of amides is 2. The first-order chi connectivity index (χ1) is 18.3. The van der Waals surface area contributed by atoms with Crippen molar-refractivity contribution in [2.75, 3.05) is 6.54 Å². The van der Waals surface area contributed by atoms with Crippen molar-refractivity contribution in [2.24, 2.45) is 17.1 Å². The average Bonchev–Trinajstić information content (AvgIpc) is 3.18. The molecule has 0 bridgehead atoms. The van der Waals surface area contributed by atoms with Gasteiger partial charge in [0.15, 0.2) is 0 Å². The number of nitrogens with zero attached hydrogens (tertiary/aromatic N) is 2. The SMILES string of the molecule is CC(C)(C)C[C@@H]1CN(C(=O)c2ccc(C(N)=O)cc2)[C@H](c2cccc(Cl)c2F)[C@@]1(C#N)c1ccc(Cl)cc1F. The summed E-state index contributed by atoms with van der Waals surface area (Å²) in [5.41, 5.74) is 3.77. The fourth-order valence-corrected chi connectivity index (χ4v) is 5.95. The molecule has 2 N–H and O–H groups in total. The predicted octanol–water partition coefficient (Wildman–Crippen LogP) is 7.08. The van der Waals surface area contributed by atoms with Crippen molar-refractivity contribution in [3.05, 3.63) is 105 Å². The largest absolute Gasteiger partial charge is 0.366 e. The third-order valence-electron chi connectivity index (χ3n) is 7.18. The number of nitriles is 1. The van der Waals surface area contributed by atoms with Gasteiger partial charge in [0.25, 0.3) is 5.91 Å². The lowest BCUT2D eigenvalue weighted by Gasteiger charge is -2.38. The number of rotatable bonds is 5. The van der Waals surface area contributed by atoms with Crippen LogP contribution in [0.1, 0.15) is 65.1 Å². The van der Waals surface area contributed by atoms with Crippen LogP contribution in [0, 0.1) is 34.3 Å². The molecule has 3 atom stereocenters. The molecule has 202 valence electrons. The minimum atomic E-state index is -1.68. The number of halogens is 4. The van der Waals surface area contributed by atoms with E-state index in [0.29, 0.717) is 6.42 Å². The summed E-state index contributed by atoms with van der Waals surface area (Å²) >= 11 is 12.2. The van der Waals surface area contributed by atoms with Gasteiger partial charge in [0.1, 0.15) is 17.0 Å². The minimum Gasteiger partial charge on any atom is -0.366 e. The number of carbonyl (C=O) groups is 2. The monoisotopic (exact) mass is 569 g/mol. The molecule has 5 nitrogen and oxygen atoms in total. The lowest BCUT2D eigenvalue weighted by Crippen LogP contribution is -2.41. The summed E-state index contributed by atoms with van der Waals surface area (Å²) in [7, 11) is 0. The van der Waals surface area contributed by atoms with Gasteiger partial charge < -0.3 is 10.6 Å². The van der Waals surface area contributed by atoms with Crippen molar-refractivity contribution >= 4 is 35.0 Å². The second-order valence-electron chi connectivity index (χ2n) is 11.0. The Hall–Kier alpha value is -3.47. The molecule has 0 spiro atoms. The van der Waals surface area contributed by atoms with Gasteiger partial charge in [-0.25, -0.2) is 8.78 Å². The molecule has 0 unspecified atom stereocenters. The molecule has 1 saturated heterocycles. The van der Waals surface area contributed by atoms with E-state index in [1.165, 1.54) is 59.5 Å². The second kappa shape index (κ2) is 10.6. The zero-order chi connectivity index (χ0) is 28.7. The number of nitrogens with two attached hydrogens (primary N) is 1. The zero-order valence-corrected chi connectivity index (χ0v) is 23.2. The van der Waals surface area contributed by atoms with Gasteiger partial charge in [-0.05, 0) is 54.3 Å². The summed E-state index contributed by atoms with van der Waals surface area (Å²) in [6, 6.07) is 15.2. The maximum absolute atomic E-state index is 15.7. The van der Waals surface area contributed by atoms with E-state index in [9.17, 15) is 14.9 Å². The molecule has 3 aromatic rings. The Balaban J connectivity index is 2.01. The fourth-order valence-electron chi connectivity index (χ4n) is 5.61. The van der Waals surface area contributed by atoms with Crippen LogP contribution in [0.5, 0.6) is 0 Å². The van der Waals surface area contributed by atoms with Crippen molar-refractivity contribution < 1.29 is 18.4 Å². The van der Waals surface area contributed by atoms with E-state index in [1.807, 2.05) is 20.8 Å². The topological polar surface area (TPSA) is 87.2 Å². The number of hydrogen-bond acceptors (Lipinski definition) is 3. The van der Waals surface area contributed by atoms with Crippen molar-refractivity contribution in [2.45, 2.75) is 38.6 Å². The summed E-state index contributed by atoms with van der Waals surface area (Å²) in [5.74, 6) is -3.27. The van der Waals surface area contributed by atoms with Gasteiger partial charge in [-0.15, -0.1) is 0 Å². The molecule has 1 aliphatic rings. The van der Waals surface area contributed by atoms with Crippen LogP contribution in [0.15, 0.2) is 60.7 Å². The molecule has 1 heterocycles. The Kier molecular flexibility index (Phi) is 7.75. The zero-order valence-electron chi connectivity index (χ0n) is 21.6. The van der Waals surface area contributed by atoms with Gasteiger partial charge in [0, 0.05) is 39.7 Å². The molecule has 3 aromatic carbocycles. The fraction of sp³-hybridized carbons (Fsp3) is 0.300. The summed E-state index contributed by atoms with van der Waals surface area (Å²) in [6.07, 6.45) is 0.422. The third kappa shape index (κ3) is 5.24. The Morgan fingerprint density at radius 3 is 2.28 bits per heavy atom.